The number of aryl methyl sites for hydroxylation is 1. The molecule has 7 heteroatoms. The maximum Gasteiger partial charge on any atom is 0.267 e. The van der Waals surface area contributed by atoms with E-state index in [4.69, 9.17) is 9.47 Å². The Kier molecular flexibility index (Phi) is 6.42. The minimum atomic E-state index is -0.631. The summed E-state index contributed by atoms with van der Waals surface area (Å²) in [6.45, 7) is 6.62. The molecular weight excluding hydrogens is 394 g/mol. The molecule has 0 aliphatic carbocycles. The lowest BCUT2D eigenvalue weighted by Gasteiger charge is -2.39. The summed E-state index contributed by atoms with van der Waals surface area (Å²) in [5.74, 6) is 1.16. The largest absolute Gasteiger partial charge is 0.485 e. The summed E-state index contributed by atoms with van der Waals surface area (Å²) in [5, 5.41) is 2.99. The number of carbonyl (C=O) groups is 2. The van der Waals surface area contributed by atoms with Crippen LogP contribution in [0.5, 0.6) is 11.5 Å². The van der Waals surface area contributed by atoms with Gasteiger partial charge in [-0.25, -0.2) is 0 Å². The quantitative estimate of drug-likeness (QED) is 0.800. The van der Waals surface area contributed by atoms with Crippen LogP contribution < -0.4 is 14.8 Å². The molecule has 31 heavy (non-hydrogen) atoms. The molecule has 0 aromatic heterocycles. The minimum absolute atomic E-state index is 0.0374. The Morgan fingerprint density at radius 2 is 1.71 bits per heavy atom. The molecule has 2 aliphatic rings. The van der Waals surface area contributed by atoms with Gasteiger partial charge in [0.15, 0.2) is 11.5 Å². The molecule has 164 valence electrons. The lowest BCUT2D eigenvalue weighted by molar-refractivity contribution is -0.143. The molecule has 0 spiro atoms. The number of benzene rings is 2. The van der Waals surface area contributed by atoms with Gasteiger partial charge in [-0.15, -0.1) is 0 Å². The van der Waals surface area contributed by atoms with Crippen molar-refractivity contribution in [3.8, 4) is 11.5 Å². The molecule has 2 amide bonds. The van der Waals surface area contributed by atoms with Crippen molar-refractivity contribution in [3.63, 3.8) is 0 Å². The Balaban J connectivity index is 1.27. The van der Waals surface area contributed by atoms with E-state index in [2.05, 4.69) is 17.1 Å². The van der Waals surface area contributed by atoms with Gasteiger partial charge in [0.25, 0.3) is 5.91 Å². The molecule has 2 aliphatic heterocycles. The number of nitrogens with one attached hydrogen (secondary N) is 1. The number of amides is 2. The van der Waals surface area contributed by atoms with Crippen molar-refractivity contribution >= 4 is 17.5 Å². The molecule has 0 bridgehead atoms. The highest BCUT2D eigenvalue weighted by atomic mass is 16.6. The van der Waals surface area contributed by atoms with Crippen molar-refractivity contribution in [2.24, 2.45) is 0 Å². The average Bonchev–Trinajstić information content (AvgIpc) is 2.83. The van der Waals surface area contributed by atoms with Gasteiger partial charge in [0.2, 0.25) is 12.0 Å². The van der Waals surface area contributed by atoms with Gasteiger partial charge in [-0.2, -0.15) is 0 Å². The smallest absolute Gasteiger partial charge is 0.267 e. The zero-order chi connectivity index (χ0) is 21.8. The van der Waals surface area contributed by atoms with Crippen LogP contribution in [0.4, 0.5) is 5.69 Å². The van der Waals surface area contributed by atoms with Gasteiger partial charge in [-0.3, -0.25) is 14.5 Å². The molecular formula is C24H29N3O4. The van der Waals surface area contributed by atoms with E-state index in [1.807, 2.05) is 55.5 Å². The lowest BCUT2D eigenvalue weighted by Crippen LogP contribution is -2.57. The van der Waals surface area contributed by atoms with Gasteiger partial charge < -0.3 is 19.7 Å². The summed E-state index contributed by atoms with van der Waals surface area (Å²) in [7, 11) is 0. The predicted octanol–water partition coefficient (Wildman–Crippen LogP) is 2.56. The average molecular weight is 424 g/mol. The van der Waals surface area contributed by atoms with Gasteiger partial charge in [-0.1, -0.05) is 31.2 Å². The zero-order valence-corrected chi connectivity index (χ0v) is 18.0. The van der Waals surface area contributed by atoms with Gasteiger partial charge in [0.05, 0.1) is 6.04 Å². The van der Waals surface area contributed by atoms with Crippen LogP contribution in [-0.4, -0.2) is 66.5 Å². The number of carbonyl (C=O) groups excluding carboxylic acids is 2. The van der Waals surface area contributed by atoms with Crippen LogP contribution in [0.1, 0.15) is 19.4 Å². The number of nitrogens with zero attached hydrogens (tertiary/aromatic N) is 2. The third-order valence-electron chi connectivity index (χ3n) is 5.97. The maximum atomic E-state index is 12.9. The molecule has 2 aromatic rings. The molecule has 1 fully saturated rings. The van der Waals surface area contributed by atoms with E-state index in [1.54, 1.807) is 4.90 Å². The third-order valence-corrected chi connectivity index (χ3v) is 5.97. The zero-order valence-electron chi connectivity index (χ0n) is 18.0. The van der Waals surface area contributed by atoms with Crippen molar-refractivity contribution in [2.75, 3.05) is 38.1 Å². The second kappa shape index (κ2) is 9.39. The topological polar surface area (TPSA) is 71.1 Å². The van der Waals surface area contributed by atoms with Gasteiger partial charge in [0.1, 0.15) is 6.61 Å². The summed E-state index contributed by atoms with van der Waals surface area (Å²) in [6, 6.07) is 15.0. The molecule has 7 nitrogen and oxygen atoms in total. The molecule has 2 atom stereocenters. The molecule has 4 rings (SSSR count). The Bertz CT molecular complexity index is 923. The van der Waals surface area contributed by atoms with E-state index in [9.17, 15) is 9.59 Å². The first-order valence-corrected chi connectivity index (χ1v) is 10.9. The van der Waals surface area contributed by atoms with E-state index in [-0.39, 0.29) is 24.5 Å². The Morgan fingerprint density at radius 3 is 2.39 bits per heavy atom. The number of anilines is 1. The van der Waals surface area contributed by atoms with Crippen molar-refractivity contribution in [2.45, 2.75) is 32.4 Å². The van der Waals surface area contributed by atoms with Gasteiger partial charge in [-0.05, 0) is 43.2 Å². The molecule has 1 N–H and O–H groups in total. The lowest BCUT2D eigenvalue weighted by atomic mass is 10.1. The molecule has 0 unspecified atom stereocenters. The fourth-order valence-electron chi connectivity index (χ4n) is 3.91. The Hall–Kier alpha value is -3.06. The van der Waals surface area contributed by atoms with Crippen LogP contribution in [0.3, 0.4) is 0 Å². The van der Waals surface area contributed by atoms with Crippen molar-refractivity contribution < 1.29 is 19.1 Å². The summed E-state index contributed by atoms with van der Waals surface area (Å²) in [4.78, 5) is 29.5. The van der Waals surface area contributed by atoms with Crippen LogP contribution in [0.25, 0.3) is 0 Å². The molecule has 0 radical (unpaired) electrons. The molecule has 2 aromatic carbocycles. The summed E-state index contributed by atoms with van der Waals surface area (Å²) < 4.78 is 11.5. The van der Waals surface area contributed by atoms with Crippen LogP contribution in [0.15, 0.2) is 48.5 Å². The van der Waals surface area contributed by atoms with E-state index in [0.717, 1.165) is 12.1 Å². The van der Waals surface area contributed by atoms with E-state index < -0.39 is 6.10 Å². The number of para-hydroxylation sites is 2. The van der Waals surface area contributed by atoms with E-state index in [0.29, 0.717) is 37.7 Å². The first-order chi connectivity index (χ1) is 15.0. The Morgan fingerprint density at radius 1 is 1.03 bits per heavy atom. The fourth-order valence-corrected chi connectivity index (χ4v) is 3.91. The first kappa shape index (κ1) is 21.2. The van der Waals surface area contributed by atoms with Crippen LogP contribution >= 0.6 is 0 Å². The van der Waals surface area contributed by atoms with Crippen LogP contribution in [-0.2, 0) is 16.0 Å². The molecule has 0 saturated carbocycles. The number of hydrogen-bond acceptors (Lipinski definition) is 5. The Labute approximate surface area is 182 Å². The summed E-state index contributed by atoms with van der Waals surface area (Å²) in [5.41, 5.74) is 2.04. The van der Waals surface area contributed by atoms with Crippen molar-refractivity contribution in [1.29, 1.82) is 0 Å². The third kappa shape index (κ3) is 4.82. The maximum absolute atomic E-state index is 12.9. The van der Waals surface area contributed by atoms with Gasteiger partial charge >= 0.3 is 0 Å². The number of fused-ring (bicyclic) bond motifs is 1. The molecule has 2 heterocycles. The van der Waals surface area contributed by atoms with Crippen LogP contribution in [0, 0.1) is 0 Å². The standard InChI is InChI=1S/C24H29N3O4/c1-3-18-8-10-19(11-9-18)25-23(28)17(2)26-12-14-27(15-13-26)24(29)22-16-30-20-6-4-5-7-21(20)31-22/h4-11,17,22H,3,12-16H2,1-2H3,(H,25,28)/t17-,22-/m1/s1. The van der Waals surface area contributed by atoms with Gasteiger partial charge in [0, 0.05) is 31.9 Å². The highest BCUT2D eigenvalue weighted by Crippen LogP contribution is 2.31. The van der Waals surface area contributed by atoms with Crippen LogP contribution in [0.2, 0.25) is 0 Å². The number of hydrogen-bond donors (Lipinski definition) is 1. The summed E-state index contributed by atoms with van der Waals surface area (Å²) >= 11 is 0. The first-order valence-electron chi connectivity index (χ1n) is 10.9. The second-order valence-electron chi connectivity index (χ2n) is 7.94. The number of ether oxygens (including phenoxy) is 2. The second-order valence-corrected chi connectivity index (χ2v) is 7.94. The number of rotatable bonds is 5. The van der Waals surface area contributed by atoms with E-state index >= 15 is 0 Å². The summed E-state index contributed by atoms with van der Waals surface area (Å²) in [6.07, 6.45) is 0.339. The monoisotopic (exact) mass is 423 g/mol. The normalized spacial score (nSPS) is 19.5. The fraction of sp³-hybridized carbons (Fsp3) is 0.417. The van der Waals surface area contributed by atoms with E-state index in [1.165, 1.54) is 5.56 Å². The number of piperazine rings is 1. The highest BCUT2D eigenvalue weighted by Gasteiger charge is 2.34. The van der Waals surface area contributed by atoms with Crippen molar-refractivity contribution in [1.82, 2.24) is 9.80 Å². The minimum Gasteiger partial charge on any atom is -0.485 e. The SMILES string of the molecule is CCc1ccc(NC(=O)[C@@H](C)N2CCN(C(=O)[C@H]3COc4ccccc4O3)CC2)cc1. The molecule has 1 saturated heterocycles. The van der Waals surface area contributed by atoms with Crippen molar-refractivity contribution in [3.05, 3.63) is 54.1 Å². The predicted molar refractivity (Wildman–Crippen MR) is 118 cm³/mol. The highest BCUT2D eigenvalue weighted by molar-refractivity contribution is 5.94.